The molecule has 2 aromatic rings. The normalized spacial score (nSPS) is 11.0. The molecule has 0 aliphatic heterocycles. The van der Waals surface area contributed by atoms with E-state index in [1.807, 2.05) is 42.5 Å². The second-order valence-corrected chi connectivity index (χ2v) is 5.32. The Labute approximate surface area is 137 Å². The van der Waals surface area contributed by atoms with Gasteiger partial charge in [-0.2, -0.15) is 0 Å². The summed E-state index contributed by atoms with van der Waals surface area (Å²) >= 11 is 0. The third-order valence-electron chi connectivity index (χ3n) is 3.55. The molecular weight excluding hydrogens is 288 g/mol. The van der Waals surface area contributed by atoms with E-state index in [1.54, 1.807) is 6.20 Å². The van der Waals surface area contributed by atoms with Crippen LogP contribution in [0.15, 0.2) is 48.7 Å². The number of aromatic nitrogens is 1. The maximum absolute atomic E-state index is 9.05. The summed E-state index contributed by atoms with van der Waals surface area (Å²) in [4.78, 5) is 6.56. The first-order valence-corrected chi connectivity index (χ1v) is 7.99. The van der Waals surface area contributed by atoms with Crippen LogP contribution in [0.5, 0.6) is 0 Å². The van der Waals surface area contributed by atoms with Gasteiger partial charge in [0.25, 0.3) is 0 Å². The third-order valence-corrected chi connectivity index (χ3v) is 3.55. The van der Waals surface area contributed by atoms with Gasteiger partial charge in [-0.05, 0) is 36.6 Å². The van der Waals surface area contributed by atoms with Gasteiger partial charge in [0.15, 0.2) is 0 Å². The Bertz CT molecular complexity index is 591. The van der Waals surface area contributed by atoms with Crippen LogP contribution in [0.25, 0.3) is 12.2 Å². The second-order valence-electron chi connectivity index (χ2n) is 5.32. The molecule has 1 aromatic heterocycles. The highest BCUT2D eigenvalue weighted by Gasteiger charge is 2.06. The lowest BCUT2D eigenvalue weighted by molar-refractivity contribution is 0.282. The van der Waals surface area contributed by atoms with Crippen LogP contribution in [0.1, 0.15) is 24.1 Å². The average molecular weight is 312 g/mol. The highest BCUT2D eigenvalue weighted by Crippen LogP contribution is 2.17. The molecule has 1 aromatic carbocycles. The Morgan fingerprint density at radius 1 is 0.913 bits per heavy atom. The number of pyridine rings is 1. The standard InChI is InChI=1S/C19H24N2O2/c22-14-4-12-21(13-5-15-23)19-10-11-20-18(16-19)9-8-17-6-2-1-3-7-17/h1-3,6-11,16,22-23H,4-5,12-15H2. The van der Waals surface area contributed by atoms with E-state index < -0.39 is 0 Å². The predicted octanol–water partition coefficient (Wildman–Crippen LogP) is 2.82. The van der Waals surface area contributed by atoms with E-state index in [0.717, 1.165) is 30.0 Å². The summed E-state index contributed by atoms with van der Waals surface area (Å²) < 4.78 is 0. The van der Waals surface area contributed by atoms with Crippen molar-refractivity contribution in [3.8, 4) is 0 Å². The number of aliphatic hydroxyl groups excluding tert-OH is 2. The van der Waals surface area contributed by atoms with Crippen LogP contribution in [0.4, 0.5) is 5.69 Å². The Morgan fingerprint density at radius 3 is 2.26 bits per heavy atom. The molecule has 0 spiro atoms. The second kappa shape index (κ2) is 9.77. The van der Waals surface area contributed by atoms with Gasteiger partial charge >= 0.3 is 0 Å². The molecule has 0 atom stereocenters. The van der Waals surface area contributed by atoms with Crippen LogP contribution in [0, 0.1) is 0 Å². The van der Waals surface area contributed by atoms with E-state index in [0.29, 0.717) is 12.8 Å². The summed E-state index contributed by atoms with van der Waals surface area (Å²) in [7, 11) is 0. The topological polar surface area (TPSA) is 56.6 Å². The minimum atomic E-state index is 0.168. The van der Waals surface area contributed by atoms with Crippen molar-refractivity contribution in [3.63, 3.8) is 0 Å². The molecule has 4 heteroatoms. The molecule has 0 aliphatic rings. The van der Waals surface area contributed by atoms with Crippen LogP contribution >= 0.6 is 0 Å². The zero-order valence-corrected chi connectivity index (χ0v) is 13.3. The molecule has 0 aliphatic carbocycles. The highest BCUT2D eigenvalue weighted by molar-refractivity contribution is 5.69. The van der Waals surface area contributed by atoms with Crippen molar-refractivity contribution in [2.24, 2.45) is 0 Å². The van der Waals surface area contributed by atoms with Gasteiger partial charge in [-0.3, -0.25) is 4.98 Å². The number of nitrogens with zero attached hydrogens (tertiary/aromatic N) is 2. The van der Waals surface area contributed by atoms with Gasteiger partial charge in [-0.25, -0.2) is 0 Å². The van der Waals surface area contributed by atoms with E-state index in [-0.39, 0.29) is 13.2 Å². The largest absolute Gasteiger partial charge is 0.396 e. The van der Waals surface area contributed by atoms with Crippen molar-refractivity contribution >= 4 is 17.8 Å². The minimum Gasteiger partial charge on any atom is -0.396 e. The summed E-state index contributed by atoms with van der Waals surface area (Å²) in [5.41, 5.74) is 3.09. The van der Waals surface area contributed by atoms with Crippen LogP contribution in [-0.2, 0) is 0 Å². The number of anilines is 1. The molecule has 0 bridgehead atoms. The molecule has 2 N–H and O–H groups in total. The number of benzene rings is 1. The van der Waals surface area contributed by atoms with E-state index in [1.165, 1.54) is 0 Å². The van der Waals surface area contributed by atoms with Gasteiger partial charge in [0, 0.05) is 38.2 Å². The van der Waals surface area contributed by atoms with Crippen molar-refractivity contribution in [2.45, 2.75) is 12.8 Å². The van der Waals surface area contributed by atoms with Gasteiger partial charge in [-0.1, -0.05) is 36.4 Å². The maximum Gasteiger partial charge on any atom is 0.0650 e. The molecule has 0 amide bonds. The van der Waals surface area contributed by atoms with Crippen LogP contribution < -0.4 is 4.90 Å². The summed E-state index contributed by atoms with van der Waals surface area (Å²) in [6.07, 6.45) is 7.25. The molecule has 23 heavy (non-hydrogen) atoms. The fraction of sp³-hybridized carbons (Fsp3) is 0.316. The Balaban J connectivity index is 2.11. The zero-order valence-electron chi connectivity index (χ0n) is 13.3. The first-order valence-electron chi connectivity index (χ1n) is 7.99. The fourth-order valence-electron chi connectivity index (χ4n) is 2.36. The summed E-state index contributed by atoms with van der Waals surface area (Å²) in [5, 5.41) is 18.1. The van der Waals surface area contributed by atoms with E-state index in [2.05, 4.69) is 22.0 Å². The molecule has 122 valence electrons. The van der Waals surface area contributed by atoms with Gasteiger partial charge in [0.1, 0.15) is 0 Å². The van der Waals surface area contributed by atoms with Gasteiger partial charge < -0.3 is 15.1 Å². The summed E-state index contributed by atoms with van der Waals surface area (Å²) in [6.45, 7) is 1.87. The lowest BCUT2D eigenvalue weighted by Gasteiger charge is -2.24. The van der Waals surface area contributed by atoms with Crippen molar-refractivity contribution in [2.75, 3.05) is 31.2 Å². The van der Waals surface area contributed by atoms with Crippen molar-refractivity contribution in [1.29, 1.82) is 0 Å². The van der Waals surface area contributed by atoms with Crippen LogP contribution in [0.3, 0.4) is 0 Å². The Morgan fingerprint density at radius 2 is 1.61 bits per heavy atom. The first kappa shape index (κ1) is 17.2. The smallest absolute Gasteiger partial charge is 0.0650 e. The highest BCUT2D eigenvalue weighted by atomic mass is 16.3. The van der Waals surface area contributed by atoms with E-state index in [9.17, 15) is 0 Å². The molecular formula is C19H24N2O2. The van der Waals surface area contributed by atoms with E-state index >= 15 is 0 Å². The maximum atomic E-state index is 9.05. The number of aliphatic hydroxyl groups is 2. The molecule has 1 heterocycles. The Kier molecular flexibility index (Phi) is 7.30. The van der Waals surface area contributed by atoms with Gasteiger partial charge in [0.05, 0.1) is 5.69 Å². The third kappa shape index (κ3) is 5.85. The van der Waals surface area contributed by atoms with Gasteiger partial charge in [-0.15, -0.1) is 0 Å². The molecule has 4 nitrogen and oxygen atoms in total. The van der Waals surface area contributed by atoms with Crippen LogP contribution in [-0.4, -0.2) is 41.5 Å². The summed E-state index contributed by atoms with van der Waals surface area (Å²) in [6, 6.07) is 14.1. The monoisotopic (exact) mass is 312 g/mol. The molecule has 0 unspecified atom stereocenters. The molecule has 0 fully saturated rings. The van der Waals surface area contributed by atoms with Crippen molar-refractivity contribution in [3.05, 3.63) is 59.9 Å². The predicted molar refractivity (Wildman–Crippen MR) is 95.2 cm³/mol. The van der Waals surface area contributed by atoms with Gasteiger partial charge in [0.2, 0.25) is 0 Å². The van der Waals surface area contributed by atoms with E-state index in [4.69, 9.17) is 10.2 Å². The average Bonchev–Trinajstić information content (AvgIpc) is 2.61. The number of hydrogen-bond acceptors (Lipinski definition) is 4. The zero-order chi connectivity index (χ0) is 16.3. The van der Waals surface area contributed by atoms with Crippen molar-refractivity contribution < 1.29 is 10.2 Å². The quantitative estimate of drug-likeness (QED) is 0.747. The van der Waals surface area contributed by atoms with Crippen LogP contribution in [0.2, 0.25) is 0 Å². The lowest BCUT2D eigenvalue weighted by atomic mass is 10.2. The Hall–Kier alpha value is -2.17. The minimum absolute atomic E-state index is 0.168. The number of rotatable bonds is 9. The number of hydrogen-bond donors (Lipinski definition) is 2. The first-order chi connectivity index (χ1) is 11.3. The molecule has 2 rings (SSSR count). The molecule has 0 saturated carbocycles. The lowest BCUT2D eigenvalue weighted by Crippen LogP contribution is -2.27. The molecule has 0 radical (unpaired) electrons. The fourth-order valence-corrected chi connectivity index (χ4v) is 2.36. The SMILES string of the molecule is OCCCN(CCCO)c1ccnc(C=Cc2ccccc2)c1. The summed E-state index contributed by atoms with van der Waals surface area (Å²) in [5.74, 6) is 0. The van der Waals surface area contributed by atoms with Crippen molar-refractivity contribution in [1.82, 2.24) is 4.98 Å². The molecule has 0 saturated heterocycles.